The molecule has 3 aromatic rings. The molecule has 0 bridgehead atoms. The van der Waals surface area contributed by atoms with Crippen molar-refractivity contribution in [3.63, 3.8) is 0 Å². The molecule has 4 rings (SSSR count). The van der Waals surface area contributed by atoms with Crippen LogP contribution >= 0.6 is 0 Å². The largest absolute Gasteiger partial charge is 0.494 e. The van der Waals surface area contributed by atoms with Crippen LogP contribution in [0.1, 0.15) is 33.1 Å². The number of nitrogens with zero attached hydrogens (tertiary/aromatic N) is 3. The molecule has 1 aromatic heterocycles. The fourth-order valence-corrected chi connectivity index (χ4v) is 3.72. The average Bonchev–Trinajstić information content (AvgIpc) is 2.98. The second kappa shape index (κ2) is 6.53. The molecule has 0 spiro atoms. The molecule has 28 heavy (non-hydrogen) atoms. The van der Waals surface area contributed by atoms with Gasteiger partial charge in [0.15, 0.2) is 0 Å². The number of amides is 1. The first-order chi connectivity index (χ1) is 13.4. The van der Waals surface area contributed by atoms with Gasteiger partial charge in [-0.15, -0.1) is 0 Å². The number of hydrogen-bond acceptors (Lipinski definition) is 4. The average molecular weight is 377 g/mol. The highest BCUT2D eigenvalue weighted by molar-refractivity contribution is 5.99. The van der Waals surface area contributed by atoms with E-state index >= 15 is 0 Å². The molecule has 0 aliphatic carbocycles. The van der Waals surface area contributed by atoms with Gasteiger partial charge in [0.2, 0.25) is 5.88 Å². The van der Waals surface area contributed by atoms with Crippen molar-refractivity contribution in [1.82, 2.24) is 14.0 Å². The van der Waals surface area contributed by atoms with Crippen LogP contribution in [0.15, 0.2) is 64.2 Å². The van der Waals surface area contributed by atoms with E-state index in [4.69, 9.17) is 0 Å². The molecular weight excluding hydrogens is 358 g/mol. The predicted molar refractivity (Wildman–Crippen MR) is 103 cm³/mol. The third kappa shape index (κ3) is 2.55. The van der Waals surface area contributed by atoms with Crippen LogP contribution in [-0.4, -0.2) is 25.0 Å². The van der Waals surface area contributed by atoms with Gasteiger partial charge in [-0.25, -0.2) is 4.79 Å². The number of aromatic hydroxyl groups is 1. The van der Waals surface area contributed by atoms with Crippen LogP contribution in [-0.2, 0) is 20.6 Å². The highest BCUT2D eigenvalue weighted by Gasteiger charge is 2.41. The summed E-state index contributed by atoms with van der Waals surface area (Å²) < 4.78 is 1.96. The molecule has 0 saturated heterocycles. The Kier molecular flexibility index (Phi) is 4.15. The Morgan fingerprint density at radius 2 is 1.54 bits per heavy atom. The Hall–Kier alpha value is -3.61. The molecule has 2 heterocycles. The summed E-state index contributed by atoms with van der Waals surface area (Å²) in [5.74, 6) is -0.652. The summed E-state index contributed by atoms with van der Waals surface area (Å²) in [6, 6.07) is 15.7. The molecule has 1 atom stereocenters. The van der Waals surface area contributed by atoms with Gasteiger partial charge in [0.05, 0.1) is 6.04 Å². The molecule has 1 N–H and O–H groups in total. The van der Waals surface area contributed by atoms with Crippen molar-refractivity contribution in [3.05, 3.63) is 97.7 Å². The van der Waals surface area contributed by atoms with Crippen molar-refractivity contribution in [2.45, 2.75) is 12.6 Å². The number of aromatic nitrogens is 2. The third-order valence-corrected chi connectivity index (χ3v) is 5.20. The Bertz CT molecular complexity index is 1190. The molecule has 1 aliphatic rings. The maximum absolute atomic E-state index is 13.1. The highest BCUT2D eigenvalue weighted by atomic mass is 16.3. The smallest absolute Gasteiger partial charge is 0.333 e. The molecule has 1 amide bonds. The highest BCUT2D eigenvalue weighted by Crippen LogP contribution is 2.40. The minimum atomic E-state index is -0.783. The standard InChI is InChI=1S/C21H19N3O4/c1-22-19(26)16(20(27)23(2)21(22)28)17-14-10-6-7-11-15(14)18(25)24(17)12-13-8-4-3-5-9-13/h3-11,17,26H,12H2,1-2H3. The van der Waals surface area contributed by atoms with E-state index in [-0.39, 0.29) is 18.0 Å². The molecule has 2 aromatic carbocycles. The van der Waals surface area contributed by atoms with Gasteiger partial charge in [-0.1, -0.05) is 48.5 Å². The molecule has 7 nitrogen and oxygen atoms in total. The summed E-state index contributed by atoms with van der Waals surface area (Å²) in [6.07, 6.45) is 0. The fourth-order valence-electron chi connectivity index (χ4n) is 3.72. The van der Waals surface area contributed by atoms with Crippen molar-refractivity contribution in [3.8, 4) is 5.88 Å². The van der Waals surface area contributed by atoms with Gasteiger partial charge in [-0.2, -0.15) is 0 Å². The van der Waals surface area contributed by atoms with E-state index in [0.717, 1.165) is 14.7 Å². The summed E-state index contributed by atoms with van der Waals surface area (Å²) in [7, 11) is 2.75. The second-order valence-electron chi connectivity index (χ2n) is 6.85. The second-order valence-corrected chi connectivity index (χ2v) is 6.85. The Balaban J connectivity index is 1.96. The van der Waals surface area contributed by atoms with E-state index < -0.39 is 23.2 Å². The molecule has 1 unspecified atom stereocenters. The Morgan fingerprint density at radius 1 is 0.893 bits per heavy atom. The molecule has 0 radical (unpaired) electrons. The lowest BCUT2D eigenvalue weighted by Gasteiger charge is -2.26. The molecule has 142 valence electrons. The van der Waals surface area contributed by atoms with E-state index in [1.54, 1.807) is 29.2 Å². The Labute approximate surface area is 160 Å². The zero-order chi connectivity index (χ0) is 20.0. The number of carbonyl (C=O) groups excluding carboxylic acids is 1. The van der Waals surface area contributed by atoms with Crippen molar-refractivity contribution < 1.29 is 9.90 Å². The molecule has 7 heteroatoms. The SMILES string of the molecule is Cn1c(O)c(C2c3ccccc3C(=O)N2Cc2ccccc2)c(=O)n(C)c1=O. The van der Waals surface area contributed by atoms with Gasteiger partial charge in [0.25, 0.3) is 11.5 Å². The summed E-state index contributed by atoms with van der Waals surface area (Å²) in [6.45, 7) is 0.268. The van der Waals surface area contributed by atoms with Crippen LogP contribution in [0, 0.1) is 0 Å². The summed E-state index contributed by atoms with van der Waals surface area (Å²) >= 11 is 0. The maximum Gasteiger partial charge on any atom is 0.333 e. The summed E-state index contributed by atoms with van der Waals surface area (Å²) in [5.41, 5.74) is 0.786. The molecule has 0 fully saturated rings. The number of benzene rings is 2. The predicted octanol–water partition coefficient (Wildman–Crippen LogP) is 1.53. The lowest BCUT2D eigenvalue weighted by atomic mass is 9.99. The van der Waals surface area contributed by atoms with Crippen molar-refractivity contribution >= 4 is 5.91 Å². The fraction of sp³-hybridized carbons (Fsp3) is 0.190. The van der Waals surface area contributed by atoms with Gasteiger partial charge in [0, 0.05) is 26.2 Å². The summed E-state index contributed by atoms with van der Waals surface area (Å²) in [5, 5.41) is 10.7. The van der Waals surface area contributed by atoms with Crippen molar-refractivity contribution in [2.75, 3.05) is 0 Å². The van der Waals surface area contributed by atoms with Gasteiger partial charge < -0.3 is 10.0 Å². The molecule has 1 aliphatic heterocycles. The topological polar surface area (TPSA) is 84.5 Å². The minimum absolute atomic E-state index is 0.0128. The Morgan fingerprint density at radius 3 is 2.25 bits per heavy atom. The van der Waals surface area contributed by atoms with E-state index in [2.05, 4.69) is 0 Å². The minimum Gasteiger partial charge on any atom is -0.494 e. The van der Waals surface area contributed by atoms with Gasteiger partial charge in [0.1, 0.15) is 5.56 Å². The van der Waals surface area contributed by atoms with Gasteiger partial charge >= 0.3 is 5.69 Å². The zero-order valence-corrected chi connectivity index (χ0v) is 15.5. The van der Waals surface area contributed by atoms with Crippen LogP contribution in [0.2, 0.25) is 0 Å². The van der Waals surface area contributed by atoms with Crippen molar-refractivity contribution in [1.29, 1.82) is 0 Å². The van der Waals surface area contributed by atoms with E-state index in [1.807, 2.05) is 30.3 Å². The first-order valence-corrected chi connectivity index (χ1v) is 8.84. The quantitative estimate of drug-likeness (QED) is 0.750. The lowest BCUT2D eigenvalue weighted by molar-refractivity contribution is 0.0732. The van der Waals surface area contributed by atoms with Crippen LogP contribution in [0.25, 0.3) is 0 Å². The van der Waals surface area contributed by atoms with Crippen LogP contribution in [0.3, 0.4) is 0 Å². The number of carbonyl (C=O) groups is 1. The van der Waals surface area contributed by atoms with E-state index in [0.29, 0.717) is 11.1 Å². The lowest BCUT2D eigenvalue weighted by Crippen LogP contribution is -2.41. The van der Waals surface area contributed by atoms with Gasteiger partial charge in [-0.3, -0.25) is 18.7 Å². The first-order valence-electron chi connectivity index (χ1n) is 8.84. The van der Waals surface area contributed by atoms with E-state index in [1.165, 1.54) is 14.1 Å². The van der Waals surface area contributed by atoms with E-state index in [9.17, 15) is 19.5 Å². The zero-order valence-electron chi connectivity index (χ0n) is 15.5. The van der Waals surface area contributed by atoms with Crippen molar-refractivity contribution in [2.24, 2.45) is 14.1 Å². The normalized spacial score (nSPS) is 15.7. The first kappa shape index (κ1) is 17.8. The summed E-state index contributed by atoms with van der Waals surface area (Å²) in [4.78, 5) is 39.7. The molecular formula is C21H19N3O4. The number of rotatable bonds is 3. The van der Waals surface area contributed by atoms with Crippen LogP contribution in [0.4, 0.5) is 0 Å². The number of hydrogen-bond donors (Lipinski definition) is 1. The van der Waals surface area contributed by atoms with Crippen LogP contribution < -0.4 is 11.2 Å². The monoisotopic (exact) mass is 377 g/mol. The van der Waals surface area contributed by atoms with Crippen LogP contribution in [0.5, 0.6) is 5.88 Å². The third-order valence-electron chi connectivity index (χ3n) is 5.20. The number of fused-ring (bicyclic) bond motifs is 1. The molecule has 0 saturated carbocycles. The maximum atomic E-state index is 13.1. The van der Waals surface area contributed by atoms with Gasteiger partial charge in [-0.05, 0) is 17.2 Å².